The summed E-state index contributed by atoms with van der Waals surface area (Å²) in [6.45, 7) is 0.529. The van der Waals surface area contributed by atoms with E-state index in [2.05, 4.69) is 5.32 Å². The van der Waals surface area contributed by atoms with Crippen LogP contribution in [-0.4, -0.2) is 26.7 Å². The first kappa shape index (κ1) is 10.6. The molecule has 1 aromatic rings. The number of fused-ring (bicyclic) bond motifs is 1. The second-order valence-corrected chi connectivity index (χ2v) is 3.63. The number of rotatable bonds is 3. The third-order valence-corrected chi connectivity index (χ3v) is 2.77. The quantitative estimate of drug-likeness (QED) is 0.789. The Balaban J connectivity index is 2.48. The standard InChI is InChI=1S/C11H14N2O3/c1-15-9-3-6-7(11(12)14)5-13-8(6)4-10(9)16-2/h3-4,7,13H,5H2,1-2H3,(H2,12,14). The Morgan fingerprint density at radius 2 is 2.00 bits per heavy atom. The Hall–Kier alpha value is -1.91. The molecule has 1 atom stereocenters. The summed E-state index contributed by atoms with van der Waals surface area (Å²) < 4.78 is 10.4. The number of amides is 1. The second kappa shape index (κ2) is 3.92. The van der Waals surface area contributed by atoms with Crippen LogP contribution in [0.4, 0.5) is 5.69 Å². The summed E-state index contributed by atoms with van der Waals surface area (Å²) in [5.41, 5.74) is 7.07. The second-order valence-electron chi connectivity index (χ2n) is 3.63. The lowest BCUT2D eigenvalue weighted by atomic mass is 10.0. The Labute approximate surface area is 93.5 Å². The first-order chi connectivity index (χ1) is 7.67. The van der Waals surface area contributed by atoms with Crippen molar-refractivity contribution < 1.29 is 14.3 Å². The van der Waals surface area contributed by atoms with E-state index in [0.717, 1.165) is 11.3 Å². The van der Waals surface area contributed by atoms with Crippen molar-refractivity contribution in [3.8, 4) is 11.5 Å². The van der Waals surface area contributed by atoms with Crippen molar-refractivity contribution in [2.45, 2.75) is 5.92 Å². The van der Waals surface area contributed by atoms with Crippen molar-refractivity contribution in [3.05, 3.63) is 17.7 Å². The number of hydrogen-bond donors (Lipinski definition) is 2. The highest BCUT2D eigenvalue weighted by molar-refractivity contribution is 5.87. The fourth-order valence-electron chi connectivity index (χ4n) is 1.91. The third-order valence-electron chi connectivity index (χ3n) is 2.77. The van der Waals surface area contributed by atoms with Gasteiger partial charge < -0.3 is 20.5 Å². The van der Waals surface area contributed by atoms with Crippen LogP contribution in [0.5, 0.6) is 11.5 Å². The van der Waals surface area contributed by atoms with Gasteiger partial charge in [0.15, 0.2) is 11.5 Å². The molecule has 0 radical (unpaired) electrons. The number of primary amides is 1. The van der Waals surface area contributed by atoms with Gasteiger partial charge in [-0.15, -0.1) is 0 Å². The molecule has 0 saturated heterocycles. The fraction of sp³-hybridized carbons (Fsp3) is 0.364. The Morgan fingerprint density at radius 1 is 1.38 bits per heavy atom. The average Bonchev–Trinajstić information content (AvgIpc) is 2.69. The van der Waals surface area contributed by atoms with Gasteiger partial charge in [-0.3, -0.25) is 4.79 Å². The van der Waals surface area contributed by atoms with E-state index in [-0.39, 0.29) is 11.8 Å². The van der Waals surface area contributed by atoms with Gasteiger partial charge in [-0.2, -0.15) is 0 Å². The van der Waals surface area contributed by atoms with Gasteiger partial charge >= 0.3 is 0 Å². The predicted octanol–water partition coefficient (Wildman–Crippen LogP) is 0.698. The zero-order valence-corrected chi connectivity index (χ0v) is 9.24. The predicted molar refractivity (Wildman–Crippen MR) is 60.0 cm³/mol. The van der Waals surface area contributed by atoms with Gasteiger partial charge in [-0.05, 0) is 11.6 Å². The number of methoxy groups -OCH3 is 2. The van der Waals surface area contributed by atoms with E-state index in [1.165, 1.54) is 0 Å². The number of carbonyl (C=O) groups excluding carboxylic acids is 1. The van der Waals surface area contributed by atoms with Gasteiger partial charge in [0.25, 0.3) is 0 Å². The zero-order chi connectivity index (χ0) is 11.7. The van der Waals surface area contributed by atoms with Crippen LogP contribution in [0.15, 0.2) is 12.1 Å². The average molecular weight is 222 g/mol. The molecule has 2 rings (SSSR count). The molecule has 1 amide bonds. The van der Waals surface area contributed by atoms with E-state index < -0.39 is 0 Å². The van der Waals surface area contributed by atoms with Crippen LogP contribution in [0.25, 0.3) is 0 Å². The largest absolute Gasteiger partial charge is 0.493 e. The molecule has 5 nitrogen and oxygen atoms in total. The van der Waals surface area contributed by atoms with Gasteiger partial charge in [0.05, 0.1) is 20.1 Å². The molecular weight excluding hydrogens is 208 g/mol. The monoisotopic (exact) mass is 222 g/mol. The molecule has 0 aliphatic carbocycles. The number of carbonyl (C=O) groups is 1. The lowest BCUT2D eigenvalue weighted by molar-refractivity contribution is -0.119. The fourth-order valence-corrected chi connectivity index (χ4v) is 1.91. The first-order valence-electron chi connectivity index (χ1n) is 4.96. The molecular formula is C11H14N2O3. The minimum Gasteiger partial charge on any atom is -0.493 e. The number of ether oxygens (including phenoxy) is 2. The Bertz CT molecular complexity index is 431. The molecule has 16 heavy (non-hydrogen) atoms. The number of anilines is 1. The van der Waals surface area contributed by atoms with Crippen LogP contribution in [0.1, 0.15) is 11.5 Å². The number of nitrogens with two attached hydrogens (primary N) is 1. The maximum atomic E-state index is 11.2. The Kier molecular flexibility index (Phi) is 2.60. The molecule has 1 unspecified atom stereocenters. The molecule has 0 spiro atoms. The minimum atomic E-state index is -0.335. The van der Waals surface area contributed by atoms with Gasteiger partial charge in [-0.25, -0.2) is 0 Å². The third kappa shape index (κ3) is 1.54. The van der Waals surface area contributed by atoms with E-state index in [9.17, 15) is 4.79 Å². The SMILES string of the molecule is COc1cc2c(cc1OC)C(C(N)=O)CN2. The lowest BCUT2D eigenvalue weighted by Crippen LogP contribution is -2.22. The van der Waals surface area contributed by atoms with E-state index in [1.807, 2.05) is 6.07 Å². The maximum Gasteiger partial charge on any atom is 0.226 e. The van der Waals surface area contributed by atoms with E-state index in [0.29, 0.717) is 18.0 Å². The summed E-state index contributed by atoms with van der Waals surface area (Å²) in [5.74, 6) is 0.614. The molecule has 0 saturated carbocycles. The molecule has 5 heteroatoms. The van der Waals surface area contributed by atoms with Crippen LogP contribution in [-0.2, 0) is 4.79 Å². The molecule has 0 bridgehead atoms. The van der Waals surface area contributed by atoms with Crippen LogP contribution < -0.4 is 20.5 Å². The van der Waals surface area contributed by atoms with Crippen LogP contribution in [0, 0.1) is 0 Å². The molecule has 3 N–H and O–H groups in total. The highest BCUT2D eigenvalue weighted by Crippen LogP contribution is 2.40. The van der Waals surface area contributed by atoms with Crippen molar-refractivity contribution in [1.82, 2.24) is 0 Å². The number of nitrogens with one attached hydrogen (secondary N) is 1. The van der Waals surface area contributed by atoms with E-state index in [4.69, 9.17) is 15.2 Å². The van der Waals surface area contributed by atoms with Crippen molar-refractivity contribution in [2.24, 2.45) is 5.73 Å². The van der Waals surface area contributed by atoms with Gasteiger partial charge in [-0.1, -0.05) is 0 Å². The highest BCUT2D eigenvalue weighted by atomic mass is 16.5. The molecule has 1 heterocycles. The van der Waals surface area contributed by atoms with E-state index in [1.54, 1.807) is 20.3 Å². The molecule has 0 aromatic heterocycles. The molecule has 1 aliphatic heterocycles. The smallest absolute Gasteiger partial charge is 0.226 e. The molecule has 1 aliphatic rings. The van der Waals surface area contributed by atoms with Crippen LogP contribution >= 0.6 is 0 Å². The summed E-state index contributed by atoms with van der Waals surface area (Å²) in [5, 5.41) is 3.12. The topological polar surface area (TPSA) is 73.6 Å². The van der Waals surface area contributed by atoms with Gasteiger partial charge in [0.2, 0.25) is 5.91 Å². The molecule has 0 fully saturated rings. The number of benzene rings is 1. The first-order valence-corrected chi connectivity index (χ1v) is 4.96. The van der Waals surface area contributed by atoms with Crippen molar-refractivity contribution in [1.29, 1.82) is 0 Å². The van der Waals surface area contributed by atoms with Crippen LogP contribution in [0.2, 0.25) is 0 Å². The molecule has 86 valence electrons. The Morgan fingerprint density at radius 3 is 2.56 bits per heavy atom. The highest BCUT2D eigenvalue weighted by Gasteiger charge is 2.28. The molecule has 1 aromatic carbocycles. The van der Waals surface area contributed by atoms with Crippen LogP contribution in [0.3, 0.4) is 0 Å². The van der Waals surface area contributed by atoms with Crippen molar-refractivity contribution in [3.63, 3.8) is 0 Å². The lowest BCUT2D eigenvalue weighted by Gasteiger charge is -2.11. The van der Waals surface area contributed by atoms with Gasteiger partial charge in [0, 0.05) is 18.3 Å². The van der Waals surface area contributed by atoms with Crippen molar-refractivity contribution >= 4 is 11.6 Å². The summed E-state index contributed by atoms with van der Waals surface area (Å²) in [4.78, 5) is 11.2. The van der Waals surface area contributed by atoms with E-state index >= 15 is 0 Å². The van der Waals surface area contributed by atoms with Gasteiger partial charge in [0.1, 0.15) is 0 Å². The summed E-state index contributed by atoms with van der Waals surface area (Å²) in [7, 11) is 3.14. The zero-order valence-electron chi connectivity index (χ0n) is 9.24. The number of hydrogen-bond acceptors (Lipinski definition) is 4. The summed E-state index contributed by atoms with van der Waals surface area (Å²) >= 11 is 0. The van der Waals surface area contributed by atoms with Crippen molar-refractivity contribution in [2.75, 3.05) is 26.1 Å². The maximum absolute atomic E-state index is 11.2. The minimum absolute atomic E-state index is 0.296. The summed E-state index contributed by atoms with van der Waals surface area (Å²) in [6.07, 6.45) is 0. The summed E-state index contributed by atoms with van der Waals surface area (Å²) in [6, 6.07) is 3.61. The normalized spacial score (nSPS) is 17.5.